The number of likely N-dealkylation sites (N-methyl/N-ethyl adjacent to an activating group) is 1. The Hall–Kier alpha value is -0.830. The zero-order valence-corrected chi connectivity index (χ0v) is 8.96. The molecule has 80 valence electrons. The summed E-state index contributed by atoms with van der Waals surface area (Å²) in [6, 6.07) is 0.0729. The smallest absolute Gasteiger partial charge is 0.239 e. The van der Waals surface area contributed by atoms with Crippen LogP contribution in [0.1, 0.15) is 25.7 Å². The molecule has 1 fully saturated rings. The van der Waals surface area contributed by atoms with Crippen LogP contribution in [0.2, 0.25) is 0 Å². The summed E-state index contributed by atoms with van der Waals surface area (Å²) in [6.45, 7) is 5.48. The third-order valence-corrected chi connectivity index (χ3v) is 2.64. The Morgan fingerprint density at radius 1 is 1.71 bits per heavy atom. The minimum Gasteiger partial charge on any atom is -0.344 e. The fourth-order valence-corrected chi connectivity index (χ4v) is 1.74. The van der Waals surface area contributed by atoms with E-state index in [0.717, 1.165) is 38.8 Å². The van der Waals surface area contributed by atoms with Gasteiger partial charge in [-0.2, -0.15) is 0 Å². The molecule has 14 heavy (non-hydrogen) atoms. The van der Waals surface area contributed by atoms with Crippen molar-refractivity contribution in [2.75, 3.05) is 20.1 Å². The summed E-state index contributed by atoms with van der Waals surface area (Å²) in [6.07, 6.45) is 6.00. The van der Waals surface area contributed by atoms with Crippen molar-refractivity contribution >= 4 is 5.91 Å². The molecule has 1 saturated heterocycles. The van der Waals surface area contributed by atoms with E-state index in [1.54, 1.807) is 0 Å². The maximum absolute atomic E-state index is 11.8. The normalized spacial score (nSPS) is 20.8. The molecular weight excluding hydrogens is 176 g/mol. The number of rotatable bonds is 5. The van der Waals surface area contributed by atoms with E-state index in [2.05, 4.69) is 11.9 Å². The van der Waals surface area contributed by atoms with E-state index in [9.17, 15) is 4.79 Å². The maximum atomic E-state index is 11.8. The maximum Gasteiger partial charge on any atom is 0.239 e. The molecule has 1 aliphatic rings. The lowest BCUT2D eigenvalue weighted by Crippen LogP contribution is -2.41. The summed E-state index contributed by atoms with van der Waals surface area (Å²) in [7, 11) is 1.88. The van der Waals surface area contributed by atoms with Crippen molar-refractivity contribution in [1.82, 2.24) is 10.2 Å². The second kappa shape index (κ2) is 5.81. The van der Waals surface area contributed by atoms with Gasteiger partial charge in [-0.15, -0.1) is 6.58 Å². The van der Waals surface area contributed by atoms with Crippen LogP contribution in [0.3, 0.4) is 0 Å². The number of nitrogens with one attached hydrogen (secondary N) is 1. The second-order valence-electron chi connectivity index (χ2n) is 3.84. The van der Waals surface area contributed by atoms with E-state index in [1.807, 2.05) is 18.0 Å². The van der Waals surface area contributed by atoms with E-state index < -0.39 is 0 Å². The van der Waals surface area contributed by atoms with Gasteiger partial charge in [0.05, 0.1) is 6.04 Å². The van der Waals surface area contributed by atoms with Gasteiger partial charge in [-0.3, -0.25) is 4.79 Å². The van der Waals surface area contributed by atoms with Gasteiger partial charge in [0.2, 0.25) is 5.91 Å². The first-order chi connectivity index (χ1) is 6.75. The van der Waals surface area contributed by atoms with E-state index in [0.29, 0.717) is 0 Å². The predicted molar refractivity (Wildman–Crippen MR) is 58.1 cm³/mol. The summed E-state index contributed by atoms with van der Waals surface area (Å²) in [5, 5.41) is 3.22. The molecule has 0 spiro atoms. The van der Waals surface area contributed by atoms with E-state index in [4.69, 9.17) is 0 Å². The molecule has 3 nitrogen and oxygen atoms in total. The van der Waals surface area contributed by atoms with Gasteiger partial charge in [-0.05, 0) is 32.2 Å². The van der Waals surface area contributed by atoms with Crippen LogP contribution in [0.4, 0.5) is 0 Å². The molecule has 0 aromatic rings. The van der Waals surface area contributed by atoms with E-state index >= 15 is 0 Å². The Labute approximate surface area is 86.2 Å². The van der Waals surface area contributed by atoms with Gasteiger partial charge in [0.1, 0.15) is 0 Å². The van der Waals surface area contributed by atoms with Gasteiger partial charge >= 0.3 is 0 Å². The summed E-state index contributed by atoms with van der Waals surface area (Å²) in [5.41, 5.74) is 0. The van der Waals surface area contributed by atoms with Crippen molar-refractivity contribution in [3.63, 3.8) is 0 Å². The van der Waals surface area contributed by atoms with Crippen LogP contribution >= 0.6 is 0 Å². The first-order valence-corrected chi connectivity index (χ1v) is 5.35. The molecule has 3 heteroatoms. The van der Waals surface area contributed by atoms with Gasteiger partial charge in [-0.1, -0.05) is 6.08 Å². The average Bonchev–Trinajstić information content (AvgIpc) is 2.69. The Balaban J connectivity index is 2.24. The van der Waals surface area contributed by atoms with Crippen LogP contribution in [0, 0.1) is 0 Å². The summed E-state index contributed by atoms with van der Waals surface area (Å²) in [4.78, 5) is 13.6. The van der Waals surface area contributed by atoms with E-state index in [1.165, 1.54) is 0 Å². The fourth-order valence-electron chi connectivity index (χ4n) is 1.74. The van der Waals surface area contributed by atoms with Crippen LogP contribution in [0.15, 0.2) is 12.7 Å². The van der Waals surface area contributed by atoms with Crippen LogP contribution in [0.25, 0.3) is 0 Å². The third kappa shape index (κ3) is 3.14. The number of unbranched alkanes of at least 4 members (excludes halogenated alkanes) is 1. The first-order valence-electron chi connectivity index (χ1n) is 5.35. The van der Waals surface area contributed by atoms with Gasteiger partial charge in [0, 0.05) is 13.6 Å². The summed E-state index contributed by atoms with van der Waals surface area (Å²) < 4.78 is 0. The lowest BCUT2D eigenvalue weighted by molar-refractivity contribution is -0.131. The number of allylic oxidation sites excluding steroid dienone is 1. The minimum absolute atomic E-state index is 0.0729. The molecule has 0 bridgehead atoms. The van der Waals surface area contributed by atoms with Gasteiger partial charge in [0.25, 0.3) is 0 Å². The molecule has 1 amide bonds. The Morgan fingerprint density at radius 3 is 3.07 bits per heavy atom. The van der Waals surface area contributed by atoms with Crippen molar-refractivity contribution in [2.45, 2.75) is 31.7 Å². The number of nitrogens with zero attached hydrogens (tertiary/aromatic N) is 1. The highest BCUT2D eigenvalue weighted by atomic mass is 16.2. The largest absolute Gasteiger partial charge is 0.344 e. The van der Waals surface area contributed by atoms with Crippen LogP contribution in [-0.2, 0) is 4.79 Å². The van der Waals surface area contributed by atoms with Gasteiger partial charge in [0.15, 0.2) is 0 Å². The van der Waals surface area contributed by atoms with Gasteiger partial charge < -0.3 is 10.2 Å². The Bertz CT molecular complexity index is 197. The molecule has 1 atom stereocenters. The molecule has 1 heterocycles. The van der Waals surface area contributed by atoms with Crippen LogP contribution < -0.4 is 5.32 Å². The monoisotopic (exact) mass is 196 g/mol. The molecule has 1 rings (SSSR count). The first kappa shape index (κ1) is 11.2. The zero-order chi connectivity index (χ0) is 10.4. The number of hydrogen-bond acceptors (Lipinski definition) is 2. The molecule has 0 unspecified atom stereocenters. The lowest BCUT2D eigenvalue weighted by atomic mass is 10.2. The average molecular weight is 196 g/mol. The Kier molecular flexibility index (Phi) is 4.66. The molecule has 0 aliphatic carbocycles. The molecule has 1 N–H and O–H groups in total. The zero-order valence-electron chi connectivity index (χ0n) is 8.96. The second-order valence-corrected chi connectivity index (χ2v) is 3.84. The summed E-state index contributed by atoms with van der Waals surface area (Å²) in [5.74, 6) is 0.242. The lowest BCUT2D eigenvalue weighted by Gasteiger charge is -2.20. The van der Waals surface area contributed by atoms with Gasteiger partial charge in [-0.25, -0.2) is 0 Å². The topological polar surface area (TPSA) is 32.3 Å². The van der Waals surface area contributed by atoms with Crippen molar-refractivity contribution in [3.8, 4) is 0 Å². The highest BCUT2D eigenvalue weighted by Gasteiger charge is 2.24. The molecule has 0 saturated carbocycles. The SMILES string of the molecule is C=CCCCN(C)C(=O)[C@@H]1CCCN1. The van der Waals surface area contributed by atoms with E-state index in [-0.39, 0.29) is 11.9 Å². The predicted octanol–water partition coefficient (Wildman–Crippen LogP) is 1.16. The van der Waals surface area contributed by atoms with Crippen LogP contribution in [-0.4, -0.2) is 37.0 Å². The van der Waals surface area contributed by atoms with Crippen LogP contribution in [0.5, 0.6) is 0 Å². The van der Waals surface area contributed by atoms with Crippen molar-refractivity contribution in [3.05, 3.63) is 12.7 Å². The highest BCUT2D eigenvalue weighted by Crippen LogP contribution is 2.08. The standard InChI is InChI=1S/C11H20N2O/c1-3-4-5-9-13(2)11(14)10-7-6-8-12-10/h3,10,12H,1,4-9H2,2H3/t10-/m0/s1. The number of hydrogen-bond donors (Lipinski definition) is 1. The third-order valence-electron chi connectivity index (χ3n) is 2.64. The Morgan fingerprint density at radius 2 is 2.50 bits per heavy atom. The van der Waals surface area contributed by atoms with Crippen molar-refractivity contribution in [1.29, 1.82) is 0 Å². The molecule has 0 radical (unpaired) electrons. The molecular formula is C11H20N2O. The molecule has 0 aromatic heterocycles. The molecule has 0 aromatic carbocycles. The number of amides is 1. The van der Waals surface area contributed by atoms with Crippen molar-refractivity contribution in [2.24, 2.45) is 0 Å². The minimum atomic E-state index is 0.0729. The van der Waals surface area contributed by atoms with Crippen molar-refractivity contribution < 1.29 is 4.79 Å². The fraction of sp³-hybridized carbons (Fsp3) is 0.727. The molecule has 1 aliphatic heterocycles. The summed E-state index contributed by atoms with van der Waals surface area (Å²) >= 11 is 0. The number of carbonyl (C=O) groups excluding carboxylic acids is 1. The quantitative estimate of drug-likeness (QED) is 0.528. The number of carbonyl (C=O) groups is 1. The highest BCUT2D eigenvalue weighted by molar-refractivity contribution is 5.81.